The number of rotatable bonds is 16. The highest BCUT2D eigenvalue weighted by atomic mass is 19.4. The van der Waals surface area contributed by atoms with Gasteiger partial charge in [-0.05, 0) is 118 Å². The van der Waals surface area contributed by atoms with Crippen molar-refractivity contribution in [1.29, 1.82) is 0 Å². The molecule has 354 valence electrons. The maximum atomic E-state index is 13.2. The molecular formula is C53H55F3N6O6. The molecule has 2 saturated heterocycles. The van der Waals surface area contributed by atoms with Crippen molar-refractivity contribution in [3.8, 4) is 34.4 Å². The Hall–Kier alpha value is -7.00. The molecule has 9 rings (SSSR count). The van der Waals surface area contributed by atoms with Crippen LogP contribution in [0.2, 0.25) is 0 Å². The molecule has 2 N–H and O–H groups in total. The monoisotopic (exact) mass is 928 g/mol. The maximum Gasteiger partial charge on any atom is 0.433 e. The number of carboxylic acid groups (broad SMARTS) is 1. The maximum absolute atomic E-state index is 13.2. The van der Waals surface area contributed by atoms with Gasteiger partial charge in [-0.15, -0.1) is 0 Å². The van der Waals surface area contributed by atoms with Gasteiger partial charge in [0, 0.05) is 48.8 Å². The number of alkyl halides is 3. The summed E-state index contributed by atoms with van der Waals surface area (Å²) in [4.78, 5) is 30.1. The molecule has 4 atom stereocenters. The van der Waals surface area contributed by atoms with Gasteiger partial charge in [0.1, 0.15) is 28.7 Å². The summed E-state index contributed by atoms with van der Waals surface area (Å²) in [5, 5.41) is 13.1. The summed E-state index contributed by atoms with van der Waals surface area (Å²) in [5.41, 5.74) is 4.87. The van der Waals surface area contributed by atoms with Crippen LogP contribution in [0, 0.1) is 25.7 Å². The fourth-order valence-electron chi connectivity index (χ4n) is 8.61. The van der Waals surface area contributed by atoms with E-state index in [2.05, 4.69) is 56.4 Å². The largest absolute Gasteiger partial charge is 0.493 e. The Kier molecular flexibility index (Phi) is 15.2. The van der Waals surface area contributed by atoms with Crippen LogP contribution in [0.15, 0.2) is 130 Å². The standard InChI is InChI=1S/C29H27F3N4O4.C24H28N2O2/c1-18-24(34-26(40-18)20-5-3-2-4-6-20)12-14-39-23-9-7-19(8-10-23)15-22-16-21(27(37)38)17-36(22)28-33-13-11-25(35-28)29(30,31)32;1-17-14-21(25-16-17)15-19-8-10-22(11-9-19)27-13-12-23-18(2)28-24(26-23)20-6-4-3-5-7-20/h2-11,13,21-22H,12,14-17H2,1H3,(H,37,38);3-11,17,21,25H,12-16H2,1-2H3/t21-,22-;17-,21+/m00/s1. The zero-order valence-electron chi connectivity index (χ0n) is 38.3. The number of ether oxygens (including phenoxy) is 2. The van der Waals surface area contributed by atoms with Crippen LogP contribution >= 0.6 is 0 Å². The fraction of sp³-hybridized carbons (Fsp3) is 0.340. The van der Waals surface area contributed by atoms with Crippen molar-refractivity contribution < 1.29 is 41.4 Å². The number of anilines is 1. The number of aliphatic carboxylic acids is 1. The van der Waals surface area contributed by atoms with Crippen molar-refractivity contribution >= 4 is 11.9 Å². The Morgan fingerprint density at radius 3 is 1.75 bits per heavy atom. The number of carbonyl (C=O) groups is 1. The van der Waals surface area contributed by atoms with Gasteiger partial charge in [-0.3, -0.25) is 4.79 Å². The molecule has 2 fully saturated rings. The van der Waals surface area contributed by atoms with E-state index in [1.165, 1.54) is 12.0 Å². The Balaban J connectivity index is 0.000000196. The second-order valence-corrected chi connectivity index (χ2v) is 17.4. The zero-order chi connectivity index (χ0) is 47.6. The first-order valence-corrected chi connectivity index (χ1v) is 22.9. The van der Waals surface area contributed by atoms with Crippen molar-refractivity contribution in [3.05, 3.63) is 161 Å². The first-order valence-electron chi connectivity index (χ1n) is 22.9. The highest BCUT2D eigenvalue weighted by molar-refractivity contribution is 5.72. The molecule has 0 saturated carbocycles. The summed E-state index contributed by atoms with van der Waals surface area (Å²) in [6.07, 6.45) is 0.768. The molecule has 68 heavy (non-hydrogen) atoms. The van der Waals surface area contributed by atoms with Crippen LogP contribution in [0.1, 0.15) is 59.5 Å². The summed E-state index contributed by atoms with van der Waals surface area (Å²) >= 11 is 0. The molecule has 15 heteroatoms. The minimum absolute atomic E-state index is 0.0377. The number of hydrogen-bond donors (Lipinski definition) is 2. The predicted molar refractivity (Wildman–Crippen MR) is 252 cm³/mol. The number of aryl methyl sites for hydroxylation is 2. The van der Waals surface area contributed by atoms with Gasteiger partial charge in [0.25, 0.3) is 0 Å². The van der Waals surface area contributed by atoms with E-state index in [-0.39, 0.29) is 25.0 Å². The third-order valence-corrected chi connectivity index (χ3v) is 12.2. The number of carboxylic acids is 1. The van der Waals surface area contributed by atoms with Crippen molar-refractivity contribution in [2.75, 3.05) is 31.2 Å². The summed E-state index contributed by atoms with van der Waals surface area (Å²) in [5.74, 6) is 3.33. The van der Waals surface area contributed by atoms with Crippen LogP contribution in [0.3, 0.4) is 0 Å². The second kappa shape index (κ2) is 21.7. The number of nitrogens with zero attached hydrogens (tertiary/aromatic N) is 5. The molecule has 3 aromatic heterocycles. The predicted octanol–water partition coefficient (Wildman–Crippen LogP) is 10.4. The molecule has 0 radical (unpaired) electrons. The van der Waals surface area contributed by atoms with Crippen LogP contribution in [-0.2, 0) is 36.7 Å². The molecule has 0 spiro atoms. The van der Waals surface area contributed by atoms with E-state index in [1.54, 1.807) is 4.90 Å². The van der Waals surface area contributed by atoms with Gasteiger partial charge >= 0.3 is 12.1 Å². The molecule has 2 aliphatic heterocycles. The van der Waals surface area contributed by atoms with Crippen LogP contribution < -0.4 is 19.7 Å². The van der Waals surface area contributed by atoms with Crippen LogP contribution in [-0.4, -0.2) is 69.4 Å². The Morgan fingerprint density at radius 1 is 0.735 bits per heavy atom. The lowest BCUT2D eigenvalue weighted by molar-refractivity contribution is -0.142. The van der Waals surface area contributed by atoms with Gasteiger partial charge in [-0.1, -0.05) is 67.6 Å². The molecule has 5 heterocycles. The molecule has 12 nitrogen and oxygen atoms in total. The molecule has 0 unspecified atom stereocenters. The minimum atomic E-state index is -4.62. The van der Waals surface area contributed by atoms with Crippen molar-refractivity contribution in [2.45, 2.75) is 77.6 Å². The number of nitrogens with one attached hydrogen (secondary N) is 1. The number of halogens is 3. The highest BCUT2D eigenvalue weighted by Gasteiger charge is 2.39. The quantitative estimate of drug-likeness (QED) is 0.0950. The van der Waals surface area contributed by atoms with Gasteiger partial charge in [0.2, 0.25) is 17.7 Å². The zero-order valence-corrected chi connectivity index (χ0v) is 38.3. The first-order chi connectivity index (χ1) is 32.8. The number of oxazole rings is 2. The molecule has 0 bridgehead atoms. The van der Waals surface area contributed by atoms with Gasteiger partial charge < -0.3 is 33.6 Å². The number of aromatic nitrogens is 4. The molecule has 4 aromatic carbocycles. The lowest BCUT2D eigenvalue weighted by Gasteiger charge is -2.25. The van der Waals surface area contributed by atoms with Crippen molar-refractivity contribution in [3.63, 3.8) is 0 Å². The topological polar surface area (TPSA) is 149 Å². The third kappa shape index (κ3) is 12.5. The van der Waals surface area contributed by atoms with Crippen molar-refractivity contribution in [1.82, 2.24) is 25.3 Å². The van der Waals surface area contributed by atoms with E-state index in [0.717, 1.165) is 82.9 Å². The fourth-order valence-corrected chi connectivity index (χ4v) is 8.61. The molecule has 0 amide bonds. The van der Waals surface area contributed by atoms with Gasteiger partial charge in [0.05, 0.1) is 30.5 Å². The lowest BCUT2D eigenvalue weighted by Crippen LogP contribution is -2.33. The Labute approximate surface area is 393 Å². The van der Waals surface area contributed by atoms with E-state index >= 15 is 0 Å². The Morgan fingerprint density at radius 2 is 1.26 bits per heavy atom. The summed E-state index contributed by atoms with van der Waals surface area (Å²) in [6, 6.07) is 36.5. The normalized spacial score (nSPS) is 18.0. The van der Waals surface area contributed by atoms with Gasteiger partial charge in [0.15, 0.2) is 0 Å². The molecule has 0 aliphatic carbocycles. The summed E-state index contributed by atoms with van der Waals surface area (Å²) in [6.45, 7) is 8.29. The molecular weight excluding hydrogens is 874 g/mol. The van der Waals surface area contributed by atoms with Crippen LogP contribution in [0.5, 0.6) is 11.5 Å². The van der Waals surface area contributed by atoms with Gasteiger partial charge in [-0.2, -0.15) is 13.2 Å². The third-order valence-electron chi connectivity index (χ3n) is 12.2. The van der Waals surface area contributed by atoms with E-state index in [1.807, 2.05) is 98.8 Å². The van der Waals surface area contributed by atoms with Crippen LogP contribution in [0.4, 0.5) is 19.1 Å². The highest BCUT2D eigenvalue weighted by Crippen LogP contribution is 2.33. The van der Waals surface area contributed by atoms with E-state index in [4.69, 9.17) is 18.3 Å². The van der Waals surface area contributed by atoms with Crippen LogP contribution in [0.25, 0.3) is 22.9 Å². The Bertz CT molecular complexity index is 2710. The molecule has 2 aliphatic rings. The van der Waals surface area contributed by atoms with E-state index < -0.39 is 23.8 Å². The smallest absolute Gasteiger partial charge is 0.433 e. The summed E-state index contributed by atoms with van der Waals surface area (Å²) < 4.78 is 63.0. The SMILES string of the molecule is Cc1oc(-c2ccccc2)nc1CCOc1ccc(C[C@H]2C[C@H](C(=O)O)CN2c2nccc(C(F)(F)F)n2)cc1.Cc1oc(-c2ccccc2)nc1CCOc1ccc(C[C@H]2C[C@H](C)CN2)cc1. The average molecular weight is 929 g/mol. The summed E-state index contributed by atoms with van der Waals surface area (Å²) in [7, 11) is 0. The lowest BCUT2D eigenvalue weighted by atomic mass is 10.00. The number of benzene rings is 4. The number of hydrogen-bond acceptors (Lipinski definition) is 11. The first kappa shape index (κ1) is 47.5. The second-order valence-electron chi connectivity index (χ2n) is 17.4. The average Bonchev–Trinajstić information content (AvgIpc) is 4.15. The van der Waals surface area contributed by atoms with E-state index in [9.17, 15) is 23.1 Å². The van der Waals surface area contributed by atoms with E-state index in [0.29, 0.717) is 49.6 Å². The van der Waals surface area contributed by atoms with Crippen molar-refractivity contribution in [2.24, 2.45) is 11.8 Å². The molecule has 7 aromatic rings. The minimum Gasteiger partial charge on any atom is -0.493 e. The van der Waals surface area contributed by atoms with Gasteiger partial charge in [-0.25, -0.2) is 19.9 Å².